The van der Waals surface area contributed by atoms with Crippen LogP contribution >= 0.6 is 0 Å². The van der Waals surface area contributed by atoms with Crippen molar-refractivity contribution >= 4 is 16.9 Å². The number of aromatic nitrogens is 2. The average molecular weight is 279 g/mol. The van der Waals surface area contributed by atoms with E-state index in [0.29, 0.717) is 0 Å². The number of rotatable bonds is 2. The van der Waals surface area contributed by atoms with Crippen molar-refractivity contribution in [2.45, 2.75) is 12.8 Å². The summed E-state index contributed by atoms with van der Waals surface area (Å²) in [7, 11) is 0. The second kappa shape index (κ2) is 4.38. The molecule has 0 bridgehead atoms. The van der Waals surface area contributed by atoms with Gasteiger partial charge in [-0.3, -0.25) is 4.79 Å². The summed E-state index contributed by atoms with van der Waals surface area (Å²) < 4.78 is 27.3. The average Bonchev–Trinajstić information content (AvgIpc) is 2.37. The maximum atomic E-state index is 13.6. The normalized spacial score (nSPS) is 11.3. The van der Waals surface area contributed by atoms with Crippen molar-refractivity contribution in [1.29, 1.82) is 5.26 Å². The number of carboxylic acids is 1. The minimum Gasteiger partial charge on any atom is -0.477 e. The first-order chi connectivity index (χ1) is 9.30. The lowest BCUT2D eigenvalue weighted by Crippen LogP contribution is -2.33. The highest BCUT2D eigenvalue weighted by Crippen LogP contribution is 2.31. The van der Waals surface area contributed by atoms with Gasteiger partial charge in [0.15, 0.2) is 0 Å². The van der Waals surface area contributed by atoms with Gasteiger partial charge in [0.1, 0.15) is 17.3 Å². The number of carbonyl (C=O) groups is 1. The number of hydrogen-bond acceptors (Lipinski definition) is 4. The van der Waals surface area contributed by atoms with E-state index in [-0.39, 0.29) is 22.2 Å². The van der Waals surface area contributed by atoms with Crippen LogP contribution in [0.15, 0.2) is 17.1 Å². The van der Waals surface area contributed by atoms with Crippen molar-refractivity contribution in [3.05, 3.63) is 39.4 Å². The van der Waals surface area contributed by atoms with Gasteiger partial charge >= 0.3 is 11.9 Å². The molecule has 0 aliphatic rings. The largest absolute Gasteiger partial charge is 0.477 e. The number of halogens is 2. The summed E-state index contributed by atoms with van der Waals surface area (Å²) >= 11 is 0. The molecule has 2 aromatic heterocycles. The molecule has 2 rings (SSSR count). The summed E-state index contributed by atoms with van der Waals surface area (Å²) in [5.74, 6) is -6.79. The number of aryl methyl sites for hydroxylation is 1. The highest BCUT2D eigenvalue weighted by Gasteiger charge is 2.45. The minimum atomic E-state index is -4.35. The minimum absolute atomic E-state index is 0.00512. The molecule has 8 heteroatoms. The number of H-pyrrole nitrogens is 1. The summed E-state index contributed by atoms with van der Waals surface area (Å²) in [6.07, 6.45) is 1.24. The van der Waals surface area contributed by atoms with E-state index in [1.807, 2.05) is 0 Å². The molecule has 0 fully saturated rings. The topological polar surface area (TPSA) is 107 Å². The van der Waals surface area contributed by atoms with Crippen LogP contribution in [0.5, 0.6) is 0 Å². The van der Waals surface area contributed by atoms with Gasteiger partial charge in [0.2, 0.25) is 0 Å². The van der Waals surface area contributed by atoms with Gasteiger partial charge in [-0.1, -0.05) is 0 Å². The number of nitrogens with zero attached hydrogens (tertiary/aromatic N) is 2. The molecule has 102 valence electrons. The van der Waals surface area contributed by atoms with Gasteiger partial charge in [-0.15, -0.1) is 0 Å². The van der Waals surface area contributed by atoms with Crippen LogP contribution in [0.1, 0.15) is 16.8 Å². The Morgan fingerprint density at radius 2 is 2.20 bits per heavy atom. The van der Waals surface area contributed by atoms with Gasteiger partial charge in [-0.2, -0.15) is 14.0 Å². The maximum absolute atomic E-state index is 13.6. The van der Waals surface area contributed by atoms with Gasteiger partial charge in [-0.05, 0) is 18.6 Å². The van der Waals surface area contributed by atoms with Gasteiger partial charge in [0.05, 0.1) is 5.52 Å². The molecule has 6 nitrogen and oxygen atoms in total. The Morgan fingerprint density at radius 3 is 2.75 bits per heavy atom. The number of hydrogen-bond donors (Lipinski definition) is 2. The number of aromatic amines is 1. The Balaban J connectivity index is 3.00. The van der Waals surface area contributed by atoms with E-state index in [4.69, 9.17) is 10.4 Å². The predicted molar refractivity (Wildman–Crippen MR) is 63.3 cm³/mol. The Morgan fingerprint density at radius 1 is 1.55 bits per heavy atom. The zero-order valence-electron chi connectivity index (χ0n) is 10.1. The number of carboxylic acid groups (broad SMARTS) is 1. The van der Waals surface area contributed by atoms with Gasteiger partial charge in [-0.25, -0.2) is 9.78 Å². The highest BCUT2D eigenvalue weighted by molar-refractivity contribution is 5.89. The number of aliphatic carboxylic acids is 1. The van der Waals surface area contributed by atoms with Crippen LogP contribution in [-0.2, 0) is 10.7 Å². The van der Waals surface area contributed by atoms with Crippen LogP contribution in [0.2, 0.25) is 0 Å². The molecular weight excluding hydrogens is 272 g/mol. The van der Waals surface area contributed by atoms with E-state index in [2.05, 4.69) is 9.97 Å². The molecule has 0 radical (unpaired) electrons. The summed E-state index contributed by atoms with van der Waals surface area (Å²) in [4.78, 5) is 28.2. The van der Waals surface area contributed by atoms with Crippen LogP contribution in [0.3, 0.4) is 0 Å². The molecule has 0 amide bonds. The van der Waals surface area contributed by atoms with E-state index in [9.17, 15) is 18.4 Å². The maximum Gasteiger partial charge on any atom is 0.379 e. The monoisotopic (exact) mass is 279 g/mol. The lowest BCUT2D eigenvalue weighted by molar-refractivity contribution is -0.166. The molecule has 0 aliphatic carbocycles. The Bertz CT molecular complexity index is 821. The second-order valence-corrected chi connectivity index (χ2v) is 4.03. The van der Waals surface area contributed by atoms with Crippen molar-refractivity contribution in [3.8, 4) is 6.07 Å². The molecule has 0 aliphatic heterocycles. The zero-order chi connectivity index (χ0) is 15.1. The Labute approximate surface area is 110 Å². The third kappa shape index (κ3) is 1.80. The lowest BCUT2D eigenvalue weighted by Gasteiger charge is -2.15. The number of nitriles is 1. The summed E-state index contributed by atoms with van der Waals surface area (Å²) in [6.45, 7) is 1.16. The van der Waals surface area contributed by atoms with E-state index in [1.165, 1.54) is 12.3 Å². The molecule has 2 heterocycles. The van der Waals surface area contributed by atoms with Gasteiger partial charge < -0.3 is 10.1 Å². The third-order valence-corrected chi connectivity index (χ3v) is 2.86. The molecular formula is C12H7F2N3O3. The van der Waals surface area contributed by atoms with E-state index in [1.54, 1.807) is 6.07 Å². The van der Waals surface area contributed by atoms with Crippen molar-refractivity contribution in [1.82, 2.24) is 9.97 Å². The Kier molecular flexibility index (Phi) is 2.98. The molecule has 0 unspecified atom stereocenters. The molecule has 20 heavy (non-hydrogen) atoms. The van der Waals surface area contributed by atoms with Gasteiger partial charge in [0.25, 0.3) is 5.56 Å². The van der Waals surface area contributed by atoms with E-state index >= 15 is 0 Å². The van der Waals surface area contributed by atoms with Crippen molar-refractivity contribution in [2.75, 3.05) is 0 Å². The fourth-order valence-electron chi connectivity index (χ4n) is 2.00. The van der Waals surface area contributed by atoms with Crippen molar-refractivity contribution in [2.24, 2.45) is 0 Å². The fourth-order valence-corrected chi connectivity index (χ4v) is 2.00. The molecule has 2 N–H and O–H groups in total. The summed E-state index contributed by atoms with van der Waals surface area (Å²) in [5.41, 5.74) is -2.71. The molecule has 2 aromatic rings. The number of nitrogens with one attached hydrogen (secondary N) is 1. The first-order valence-electron chi connectivity index (χ1n) is 5.34. The van der Waals surface area contributed by atoms with Crippen molar-refractivity contribution in [3.63, 3.8) is 0 Å². The van der Waals surface area contributed by atoms with Crippen LogP contribution in [0, 0.1) is 18.3 Å². The standard InChI is InChI=1S/C12H7F2N3O3/c1-5-8-6(2-3-16-7(8)4-15)17-10(18)9(5)12(13,14)11(19)20/h2-3H,1H3,(H,17,18)(H,19,20). The summed E-state index contributed by atoms with van der Waals surface area (Å²) in [6, 6.07) is 3.05. The third-order valence-electron chi connectivity index (χ3n) is 2.86. The zero-order valence-corrected chi connectivity index (χ0v) is 10.1. The molecule has 0 saturated heterocycles. The fraction of sp³-hybridized carbons (Fsp3) is 0.167. The van der Waals surface area contributed by atoms with Crippen LogP contribution < -0.4 is 5.56 Å². The van der Waals surface area contributed by atoms with Crippen molar-refractivity contribution < 1.29 is 18.7 Å². The van der Waals surface area contributed by atoms with Crippen LogP contribution in [0.25, 0.3) is 10.9 Å². The van der Waals surface area contributed by atoms with E-state index in [0.717, 1.165) is 6.92 Å². The SMILES string of the molecule is Cc1c(C(F)(F)C(=O)O)c(=O)[nH]c2ccnc(C#N)c12. The quantitative estimate of drug-likeness (QED) is 0.861. The molecule has 0 spiro atoms. The molecule has 0 aromatic carbocycles. The number of pyridine rings is 2. The van der Waals surface area contributed by atoms with Crippen LogP contribution in [0.4, 0.5) is 8.78 Å². The van der Waals surface area contributed by atoms with Crippen LogP contribution in [-0.4, -0.2) is 21.0 Å². The second-order valence-electron chi connectivity index (χ2n) is 4.03. The number of fused-ring (bicyclic) bond motifs is 1. The van der Waals surface area contributed by atoms with Gasteiger partial charge in [0, 0.05) is 11.6 Å². The smallest absolute Gasteiger partial charge is 0.379 e. The summed E-state index contributed by atoms with van der Waals surface area (Å²) in [5, 5.41) is 17.5. The predicted octanol–water partition coefficient (Wildman–Crippen LogP) is 1.28. The first-order valence-corrected chi connectivity index (χ1v) is 5.34. The highest BCUT2D eigenvalue weighted by atomic mass is 19.3. The lowest BCUT2D eigenvalue weighted by atomic mass is 9.99. The van der Waals surface area contributed by atoms with E-state index < -0.39 is 23.0 Å². The number of alkyl halides is 2. The Hall–Kier alpha value is -2.82. The first kappa shape index (κ1) is 13.6. The molecule has 0 atom stereocenters. The molecule has 0 saturated carbocycles.